The molecular weight excluding hydrogens is 364 g/mol. The summed E-state index contributed by atoms with van der Waals surface area (Å²) in [6.45, 7) is 2.27. The van der Waals surface area contributed by atoms with Gasteiger partial charge < -0.3 is 19.7 Å². The van der Waals surface area contributed by atoms with E-state index in [1.807, 2.05) is 53.4 Å². The van der Waals surface area contributed by atoms with Crippen LogP contribution in [0.15, 0.2) is 48.5 Å². The predicted octanol–water partition coefficient (Wildman–Crippen LogP) is 3.23. The van der Waals surface area contributed by atoms with E-state index in [0.717, 1.165) is 35.7 Å². The SMILES string of the molecule is COc1cccc(CCC(=O)N2CCNCC2c2ccccc2OC)c1.Cl. The molecule has 146 valence electrons. The Morgan fingerprint density at radius 1 is 1.15 bits per heavy atom. The lowest BCUT2D eigenvalue weighted by atomic mass is 10.0. The summed E-state index contributed by atoms with van der Waals surface area (Å²) in [5.74, 6) is 1.82. The van der Waals surface area contributed by atoms with Crippen molar-refractivity contribution in [2.75, 3.05) is 33.9 Å². The van der Waals surface area contributed by atoms with E-state index in [2.05, 4.69) is 5.32 Å². The molecule has 1 unspecified atom stereocenters. The van der Waals surface area contributed by atoms with Crippen molar-refractivity contribution in [2.45, 2.75) is 18.9 Å². The second-order valence-corrected chi connectivity index (χ2v) is 6.40. The van der Waals surface area contributed by atoms with Gasteiger partial charge in [0.05, 0.1) is 20.3 Å². The molecule has 0 bridgehead atoms. The maximum absolute atomic E-state index is 12.9. The Balaban J connectivity index is 0.00000261. The van der Waals surface area contributed by atoms with Crippen LogP contribution in [0.3, 0.4) is 0 Å². The number of hydrogen-bond acceptors (Lipinski definition) is 4. The Labute approximate surface area is 167 Å². The molecule has 6 heteroatoms. The largest absolute Gasteiger partial charge is 0.497 e. The Morgan fingerprint density at radius 2 is 1.96 bits per heavy atom. The number of para-hydroxylation sites is 1. The van der Waals surface area contributed by atoms with Gasteiger partial charge in [0, 0.05) is 31.6 Å². The minimum atomic E-state index is -0.00212. The van der Waals surface area contributed by atoms with Crippen molar-refractivity contribution in [3.63, 3.8) is 0 Å². The highest BCUT2D eigenvalue weighted by Gasteiger charge is 2.29. The van der Waals surface area contributed by atoms with Gasteiger partial charge in [0.25, 0.3) is 0 Å². The van der Waals surface area contributed by atoms with Gasteiger partial charge in [0.2, 0.25) is 5.91 Å². The molecule has 1 aliphatic rings. The van der Waals surface area contributed by atoms with Gasteiger partial charge >= 0.3 is 0 Å². The standard InChI is InChI=1S/C21H26N2O3.ClH/c1-25-17-7-5-6-16(14-17)10-11-21(24)23-13-12-22-15-19(23)18-8-3-4-9-20(18)26-2;/h3-9,14,19,22H,10-13,15H2,1-2H3;1H. The molecule has 3 rings (SSSR count). The van der Waals surface area contributed by atoms with E-state index in [1.54, 1.807) is 14.2 Å². The number of ether oxygens (including phenoxy) is 2. The highest BCUT2D eigenvalue weighted by molar-refractivity contribution is 5.85. The fraction of sp³-hybridized carbons (Fsp3) is 0.381. The number of hydrogen-bond donors (Lipinski definition) is 1. The van der Waals surface area contributed by atoms with Crippen molar-refractivity contribution in [3.05, 3.63) is 59.7 Å². The Hall–Kier alpha value is -2.24. The lowest BCUT2D eigenvalue weighted by molar-refractivity contribution is -0.134. The van der Waals surface area contributed by atoms with Crippen LogP contribution in [0.5, 0.6) is 11.5 Å². The molecule has 2 aromatic rings. The van der Waals surface area contributed by atoms with Gasteiger partial charge in [0.1, 0.15) is 11.5 Å². The third-order valence-corrected chi connectivity index (χ3v) is 4.82. The summed E-state index contributed by atoms with van der Waals surface area (Å²) in [7, 11) is 3.33. The second-order valence-electron chi connectivity index (χ2n) is 6.40. The lowest BCUT2D eigenvalue weighted by Gasteiger charge is -2.37. The normalized spacial score (nSPS) is 16.4. The van der Waals surface area contributed by atoms with Crippen molar-refractivity contribution in [1.82, 2.24) is 10.2 Å². The maximum atomic E-state index is 12.9. The molecule has 0 spiro atoms. The van der Waals surface area contributed by atoms with Crippen molar-refractivity contribution < 1.29 is 14.3 Å². The third-order valence-electron chi connectivity index (χ3n) is 4.82. The summed E-state index contributed by atoms with van der Waals surface area (Å²) >= 11 is 0. The molecule has 1 aliphatic heterocycles. The molecule has 5 nitrogen and oxygen atoms in total. The maximum Gasteiger partial charge on any atom is 0.223 e. The van der Waals surface area contributed by atoms with E-state index >= 15 is 0 Å². The number of methoxy groups -OCH3 is 2. The third kappa shape index (κ3) is 5.15. The first kappa shape index (κ1) is 21.1. The van der Waals surface area contributed by atoms with E-state index < -0.39 is 0 Å². The number of carbonyl (C=O) groups excluding carboxylic acids is 1. The summed E-state index contributed by atoms with van der Waals surface area (Å²) in [6, 6.07) is 15.8. The van der Waals surface area contributed by atoms with Gasteiger partial charge in [-0.3, -0.25) is 4.79 Å². The van der Waals surface area contributed by atoms with Crippen LogP contribution in [0.2, 0.25) is 0 Å². The first-order valence-electron chi connectivity index (χ1n) is 8.99. The summed E-state index contributed by atoms with van der Waals surface area (Å²) in [6.07, 6.45) is 1.19. The first-order chi connectivity index (χ1) is 12.7. The van der Waals surface area contributed by atoms with E-state index in [0.29, 0.717) is 19.4 Å². The zero-order chi connectivity index (χ0) is 18.4. The Morgan fingerprint density at radius 3 is 2.74 bits per heavy atom. The fourth-order valence-corrected chi connectivity index (χ4v) is 3.45. The van der Waals surface area contributed by atoms with Crippen LogP contribution in [-0.4, -0.2) is 44.7 Å². The van der Waals surface area contributed by atoms with Crippen molar-refractivity contribution >= 4 is 18.3 Å². The molecule has 1 atom stereocenters. The van der Waals surface area contributed by atoms with E-state index in [1.165, 1.54) is 0 Å². The van der Waals surface area contributed by atoms with Crippen LogP contribution in [0.4, 0.5) is 0 Å². The van der Waals surface area contributed by atoms with E-state index in [9.17, 15) is 4.79 Å². The van der Waals surface area contributed by atoms with Gasteiger partial charge in [-0.25, -0.2) is 0 Å². The number of rotatable bonds is 6. The Bertz CT molecular complexity index is 754. The monoisotopic (exact) mass is 390 g/mol. The molecule has 1 N–H and O–H groups in total. The summed E-state index contributed by atoms with van der Waals surface area (Å²) < 4.78 is 10.8. The number of aryl methyl sites for hydroxylation is 1. The zero-order valence-corrected chi connectivity index (χ0v) is 16.6. The number of amides is 1. The zero-order valence-electron chi connectivity index (χ0n) is 15.8. The van der Waals surface area contributed by atoms with Gasteiger partial charge in [-0.15, -0.1) is 12.4 Å². The van der Waals surface area contributed by atoms with E-state index in [-0.39, 0.29) is 24.4 Å². The van der Waals surface area contributed by atoms with Crippen molar-refractivity contribution in [3.8, 4) is 11.5 Å². The van der Waals surface area contributed by atoms with Crippen LogP contribution >= 0.6 is 12.4 Å². The number of benzene rings is 2. The molecule has 2 aromatic carbocycles. The highest BCUT2D eigenvalue weighted by atomic mass is 35.5. The minimum Gasteiger partial charge on any atom is -0.497 e. The Kier molecular flexibility index (Phi) is 7.95. The molecule has 1 fully saturated rings. The highest BCUT2D eigenvalue weighted by Crippen LogP contribution is 2.30. The molecule has 0 saturated carbocycles. The molecule has 0 radical (unpaired) electrons. The molecule has 27 heavy (non-hydrogen) atoms. The van der Waals surface area contributed by atoms with Crippen LogP contribution in [0, 0.1) is 0 Å². The summed E-state index contributed by atoms with van der Waals surface area (Å²) in [5, 5.41) is 3.39. The van der Waals surface area contributed by atoms with Gasteiger partial charge in [0.15, 0.2) is 0 Å². The van der Waals surface area contributed by atoms with E-state index in [4.69, 9.17) is 9.47 Å². The van der Waals surface area contributed by atoms with Gasteiger partial charge in [-0.2, -0.15) is 0 Å². The number of nitrogens with zero attached hydrogens (tertiary/aromatic N) is 1. The fourth-order valence-electron chi connectivity index (χ4n) is 3.45. The van der Waals surface area contributed by atoms with Gasteiger partial charge in [-0.05, 0) is 30.2 Å². The molecule has 0 aliphatic carbocycles. The molecular formula is C21H27ClN2O3. The quantitative estimate of drug-likeness (QED) is 0.822. The number of carbonyl (C=O) groups is 1. The van der Waals surface area contributed by atoms with Crippen LogP contribution in [0.25, 0.3) is 0 Å². The van der Waals surface area contributed by atoms with Crippen molar-refractivity contribution in [2.24, 2.45) is 0 Å². The average molecular weight is 391 g/mol. The topological polar surface area (TPSA) is 50.8 Å². The smallest absolute Gasteiger partial charge is 0.223 e. The van der Waals surface area contributed by atoms with Crippen LogP contribution in [-0.2, 0) is 11.2 Å². The molecule has 1 amide bonds. The number of halogens is 1. The molecule has 1 saturated heterocycles. The summed E-state index contributed by atoms with van der Waals surface area (Å²) in [4.78, 5) is 14.9. The predicted molar refractivity (Wildman–Crippen MR) is 109 cm³/mol. The second kappa shape index (κ2) is 10.2. The van der Waals surface area contributed by atoms with Crippen molar-refractivity contribution in [1.29, 1.82) is 0 Å². The van der Waals surface area contributed by atoms with Crippen LogP contribution < -0.4 is 14.8 Å². The molecule has 0 aromatic heterocycles. The van der Waals surface area contributed by atoms with Gasteiger partial charge in [-0.1, -0.05) is 30.3 Å². The molecule has 1 heterocycles. The lowest BCUT2D eigenvalue weighted by Crippen LogP contribution is -2.48. The van der Waals surface area contributed by atoms with Crippen LogP contribution in [0.1, 0.15) is 23.6 Å². The average Bonchev–Trinajstić information content (AvgIpc) is 2.72. The summed E-state index contributed by atoms with van der Waals surface area (Å²) in [5.41, 5.74) is 2.17. The minimum absolute atomic E-state index is 0. The number of piperazine rings is 1. The number of nitrogens with one attached hydrogen (secondary N) is 1. The first-order valence-corrected chi connectivity index (χ1v) is 8.99.